The molecule has 4 rings (SSSR count). The molecule has 1 saturated heterocycles. The lowest BCUT2D eigenvalue weighted by Gasteiger charge is -2.39. The van der Waals surface area contributed by atoms with Gasteiger partial charge in [0.25, 0.3) is 0 Å². The van der Waals surface area contributed by atoms with Crippen molar-refractivity contribution in [2.75, 3.05) is 31.6 Å². The summed E-state index contributed by atoms with van der Waals surface area (Å²) < 4.78 is 19.5. The molecule has 6 heteroatoms. The molecule has 0 radical (unpaired) electrons. The summed E-state index contributed by atoms with van der Waals surface area (Å²) in [7, 11) is 0. The van der Waals surface area contributed by atoms with Crippen LogP contribution in [0.1, 0.15) is 36.8 Å². The van der Waals surface area contributed by atoms with Gasteiger partial charge >= 0.3 is 0 Å². The SMILES string of the molecule is Cc1ccc(F)c2c1NC(C(=O)N[C@@H]1CCC[C@H](N3CCOCC3)C1)C2. The first-order chi connectivity index (χ1) is 12.6. The molecule has 1 saturated carbocycles. The average molecular weight is 361 g/mol. The zero-order valence-corrected chi connectivity index (χ0v) is 15.4. The Balaban J connectivity index is 1.35. The van der Waals surface area contributed by atoms with Crippen LogP contribution in [-0.4, -0.2) is 55.2 Å². The topological polar surface area (TPSA) is 53.6 Å². The number of hydrogen-bond donors (Lipinski definition) is 2. The molecule has 1 aromatic carbocycles. The van der Waals surface area contributed by atoms with Crippen LogP contribution < -0.4 is 10.6 Å². The quantitative estimate of drug-likeness (QED) is 0.867. The summed E-state index contributed by atoms with van der Waals surface area (Å²) in [6.45, 7) is 5.54. The highest BCUT2D eigenvalue weighted by Gasteiger charge is 2.33. The monoisotopic (exact) mass is 361 g/mol. The number of benzene rings is 1. The molecule has 142 valence electrons. The molecule has 2 fully saturated rings. The Bertz CT molecular complexity index is 644. The molecule has 2 aliphatic heterocycles. The number of carbonyl (C=O) groups is 1. The summed E-state index contributed by atoms with van der Waals surface area (Å²) in [6.07, 6.45) is 4.79. The smallest absolute Gasteiger partial charge is 0.243 e. The van der Waals surface area contributed by atoms with Crippen LogP contribution in [0.15, 0.2) is 12.1 Å². The van der Waals surface area contributed by atoms with Gasteiger partial charge in [-0.3, -0.25) is 9.69 Å². The molecule has 26 heavy (non-hydrogen) atoms. The normalized spacial score (nSPS) is 29.1. The number of amides is 1. The van der Waals surface area contributed by atoms with Crippen LogP contribution in [0.25, 0.3) is 0 Å². The highest BCUT2D eigenvalue weighted by atomic mass is 19.1. The third-order valence-corrected chi connectivity index (χ3v) is 6.06. The molecular weight excluding hydrogens is 333 g/mol. The number of anilines is 1. The molecule has 1 amide bonds. The lowest BCUT2D eigenvalue weighted by molar-refractivity contribution is -0.122. The summed E-state index contributed by atoms with van der Waals surface area (Å²) in [6, 6.07) is 3.62. The van der Waals surface area contributed by atoms with Crippen LogP contribution in [-0.2, 0) is 16.0 Å². The number of nitrogens with one attached hydrogen (secondary N) is 2. The van der Waals surface area contributed by atoms with Crippen molar-refractivity contribution in [2.45, 2.75) is 57.2 Å². The zero-order valence-electron chi connectivity index (χ0n) is 15.4. The Hall–Kier alpha value is -1.66. The summed E-state index contributed by atoms with van der Waals surface area (Å²) >= 11 is 0. The van der Waals surface area contributed by atoms with Gasteiger partial charge < -0.3 is 15.4 Å². The Morgan fingerprint density at radius 2 is 2.12 bits per heavy atom. The number of carbonyl (C=O) groups excluding carboxylic acids is 1. The van der Waals surface area contributed by atoms with Crippen molar-refractivity contribution in [3.8, 4) is 0 Å². The van der Waals surface area contributed by atoms with Crippen molar-refractivity contribution < 1.29 is 13.9 Å². The number of morpholine rings is 1. The first-order valence-electron chi connectivity index (χ1n) is 9.78. The molecule has 3 atom stereocenters. The van der Waals surface area contributed by atoms with Crippen molar-refractivity contribution in [1.29, 1.82) is 0 Å². The number of aryl methyl sites for hydroxylation is 1. The van der Waals surface area contributed by atoms with Gasteiger partial charge in [-0.25, -0.2) is 4.39 Å². The fourth-order valence-electron chi connectivity index (χ4n) is 4.60. The molecule has 0 aromatic heterocycles. The Morgan fingerprint density at radius 1 is 1.31 bits per heavy atom. The van der Waals surface area contributed by atoms with Gasteiger partial charge in [-0.15, -0.1) is 0 Å². The molecule has 2 heterocycles. The summed E-state index contributed by atoms with van der Waals surface area (Å²) in [5.41, 5.74) is 2.42. The second-order valence-corrected chi connectivity index (χ2v) is 7.79. The zero-order chi connectivity index (χ0) is 18.1. The number of ether oxygens (including phenoxy) is 1. The highest BCUT2D eigenvalue weighted by molar-refractivity contribution is 5.88. The van der Waals surface area contributed by atoms with Gasteiger partial charge in [0.05, 0.1) is 13.2 Å². The molecule has 1 unspecified atom stereocenters. The first-order valence-corrected chi connectivity index (χ1v) is 9.78. The van der Waals surface area contributed by atoms with Gasteiger partial charge in [-0.2, -0.15) is 0 Å². The van der Waals surface area contributed by atoms with Gasteiger partial charge in [-0.1, -0.05) is 6.07 Å². The number of rotatable bonds is 3. The van der Waals surface area contributed by atoms with Crippen molar-refractivity contribution in [1.82, 2.24) is 10.2 Å². The fraction of sp³-hybridized carbons (Fsp3) is 0.650. The number of nitrogens with zero attached hydrogens (tertiary/aromatic N) is 1. The second kappa shape index (κ2) is 7.53. The molecule has 0 spiro atoms. The van der Waals surface area contributed by atoms with Crippen LogP contribution in [0, 0.1) is 12.7 Å². The third kappa shape index (κ3) is 3.58. The van der Waals surface area contributed by atoms with Crippen LogP contribution in [0.2, 0.25) is 0 Å². The van der Waals surface area contributed by atoms with Crippen molar-refractivity contribution in [3.05, 3.63) is 29.1 Å². The maximum atomic E-state index is 14.0. The summed E-state index contributed by atoms with van der Waals surface area (Å²) in [5, 5.41) is 6.45. The van der Waals surface area contributed by atoms with E-state index in [-0.39, 0.29) is 23.8 Å². The Labute approximate surface area is 154 Å². The van der Waals surface area contributed by atoms with Gasteiger partial charge in [0.15, 0.2) is 0 Å². The van der Waals surface area contributed by atoms with Gasteiger partial charge in [-0.05, 0) is 44.2 Å². The van der Waals surface area contributed by atoms with E-state index in [0.717, 1.165) is 56.8 Å². The maximum Gasteiger partial charge on any atom is 0.243 e. The standard InChI is InChI=1S/C20H28FN3O2/c1-13-5-6-17(21)16-12-18(23-19(13)16)20(25)22-14-3-2-4-15(11-14)24-7-9-26-10-8-24/h5-6,14-15,18,23H,2-4,7-12H2,1H3,(H,22,25)/t14-,15+,18?/m1/s1. The van der Waals surface area contributed by atoms with Crippen molar-refractivity contribution in [2.24, 2.45) is 0 Å². The van der Waals surface area contributed by atoms with Crippen LogP contribution in [0.4, 0.5) is 10.1 Å². The van der Waals surface area contributed by atoms with E-state index in [1.165, 1.54) is 12.5 Å². The van der Waals surface area contributed by atoms with E-state index >= 15 is 0 Å². The number of hydrogen-bond acceptors (Lipinski definition) is 4. The number of fused-ring (bicyclic) bond motifs is 1. The Kier molecular flexibility index (Phi) is 5.14. The van der Waals surface area contributed by atoms with E-state index in [2.05, 4.69) is 15.5 Å². The molecule has 0 bridgehead atoms. The highest BCUT2D eigenvalue weighted by Crippen LogP contribution is 2.32. The van der Waals surface area contributed by atoms with Crippen LogP contribution in [0.5, 0.6) is 0 Å². The lowest BCUT2D eigenvalue weighted by atomic mass is 9.89. The van der Waals surface area contributed by atoms with E-state index in [1.807, 2.05) is 6.92 Å². The van der Waals surface area contributed by atoms with Gasteiger partial charge in [0.1, 0.15) is 11.9 Å². The van der Waals surface area contributed by atoms with E-state index in [9.17, 15) is 9.18 Å². The molecule has 2 N–H and O–H groups in total. The largest absolute Gasteiger partial charge is 0.379 e. The summed E-state index contributed by atoms with van der Waals surface area (Å²) in [4.78, 5) is 15.3. The van der Waals surface area contributed by atoms with E-state index in [4.69, 9.17) is 4.74 Å². The second-order valence-electron chi connectivity index (χ2n) is 7.79. The average Bonchev–Trinajstić information content (AvgIpc) is 3.13. The lowest BCUT2D eigenvalue weighted by Crippen LogP contribution is -2.51. The minimum absolute atomic E-state index is 0.00683. The van der Waals surface area contributed by atoms with E-state index < -0.39 is 0 Å². The number of halogens is 1. The van der Waals surface area contributed by atoms with Crippen molar-refractivity contribution >= 4 is 11.6 Å². The van der Waals surface area contributed by atoms with E-state index in [1.54, 1.807) is 6.07 Å². The van der Waals surface area contributed by atoms with E-state index in [0.29, 0.717) is 18.0 Å². The maximum absolute atomic E-state index is 14.0. The predicted octanol–water partition coefficient (Wildman–Crippen LogP) is 2.23. The first kappa shape index (κ1) is 17.7. The summed E-state index contributed by atoms with van der Waals surface area (Å²) in [5.74, 6) is -0.230. The van der Waals surface area contributed by atoms with Crippen LogP contribution in [0.3, 0.4) is 0 Å². The van der Waals surface area contributed by atoms with Gasteiger partial charge in [0, 0.05) is 42.8 Å². The minimum atomic E-state index is -0.371. The minimum Gasteiger partial charge on any atom is -0.379 e. The molecular formula is C20H28FN3O2. The Morgan fingerprint density at radius 3 is 2.88 bits per heavy atom. The molecule has 1 aromatic rings. The third-order valence-electron chi connectivity index (χ3n) is 6.06. The molecule has 3 aliphatic rings. The van der Waals surface area contributed by atoms with Crippen LogP contribution >= 0.6 is 0 Å². The fourth-order valence-corrected chi connectivity index (χ4v) is 4.60. The van der Waals surface area contributed by atoms with Gasteiger partial charge in [0.2, 0.25) is 5.91 Å². The molecule has 1 aliphatic carbocycles. The molecule has 5 nitrogen and oxygen atoms in total. The predicted molar refractivity (Wildman–Crippen MR) is 98.8 cm³/mol. The van der Waals surface area contributed by atoms with Crippen molar-refractivity contribution in [3.63, 3.8) is 0 Å².